The van der Waals surface area contributed by atoms with Crippen LogP contribution in [0.3, 0.4) is 0 Å². The molecule has 1 heterocycles. The first-order valence-corrected chi connectivity index (χ1v) is 7.34. The van der Waals surface area contributed by atoms with E-state index in [0.717, 1.165) is 27.0 Å². The van der Waals surface area contributed by atoms with E-state index in [1.54, 1.807) is 25.2 Å². The minimum Gasteiger partial charge on any atom is -0.496 e. The smallest absolute Gasteiger partial charge is 0.170 e. The summed E-state index contributed by atoms with van der Waals surface area (Å²) in [6, 6.07) is 5.88. The Morgan fingerprint density at radius 3 is 3.05 bits per heavy atom. The molecule has 0 radical (unpaired) electrons. The van der Waals surface area contributed by atoms with E-state index >= 15 is 0 Å². The Morgan fingerprint density at radius 2 is 2.37 bits per heavy atom. The van der Waals surface area contributed by atoms with Gasteiger partial charge < -0.3 is 10.5 Å². The third-order valence-corrected chi connectivity index (χ3v) is 4.15. The van der Waals surface area contributed by atoms with Crippen LogP contribution in [-0.2, 0) is 5.75 Å². The normalized spacial score (nSPS) is 9.79. The van der Waals surface area contributed by atoms with Gasteiger partial charge in [-0.15, -0.1) is 0 Å². The molecule has 0 aliphatic rings. The zero-order valence-corrected chi connectivity index (χ0v) is 12.1. The predicted octanol–water partition coefficient (Wildman–Crippen LogP) is 2.15. The summed E-state index contributed by atoms with van der Waals surface area (Å²) in [6.45, 7) is 0.362. The van der Waals surface area contributed by atoms with Crippen LogP contribution in [-0.4, -0.2) is 23.0 Å². The summed E-state index contributed by atoms with van der Waals surface area (Å²) >= 11 is 3.02. The molecule has 0 fully saturated rings. The van der Waals surface area contributed by atoms with Crippen LogP contribution in [0.4, 0.5) is 0 Å². The van der Waals surface area contributed by atoms with Gasteiger partial charge in [0.1, 0.15) is 12.1 Å². The molecule has 2 N–H and O–H groups in total. The molecule has 98 valence electrons. The van der Waals surface area contributed by atoms with Crippen molar-refractivity contribution < 1.29 is 4.74 Å². The highest BCUT2D eigenvalue weighted by Crippen LogP contribution is 2.28. The molecular formula is C13H13N3OS2. The third kappa shape index (κ3) is 3.96. The molecular weight excluding hydrogens is 278 g/mol. The van der Waals surface area contributed by atoms with E-state index in [2.05, 4.69) is 21.2 Å². The number of ether oxygens (including phenoxy) is 1. The van der Waals surface area contributed by atoms with Crippen LogP contribution < -0.4 is 10.5 Å². The van der Waals surface area contributed by atoms with Crippen molar-refractivity contribution in [1.29, 1.82) is 0 Å². The zero-order chi connectivity index (χ0) is 13.5. The number of nitrogens with zero attached hydrogens (tertiary/aromatic N) is 2. The van der Waals surface area contributed by atoms with Gasteiger partial charge in [0.05, 0.1) is 13.7 Å². The number of hydrogen-bond donors (Lipinski definition) is 1. The van der Waals surface area contributed by atoms with E-state index in [9.17, 15) is 0 Å². The van der Waals surface area contributed by atoms with Crippen LogP contribution in [0.2, 0.25) is 0 Å². The van der Waals surface area contributed by atoms with Crippen molar-refractivity contribution in [3.63, 3.8) is 0 Å². The van der Waals surface area contributed by atoms with Gasteiger partial charge in [-0.2, -0.15) is 4.37 Å². The summed E-state index contributed by atoms with van der Waals surface area (Å²) in [6.07, 6.45) is 1.56. The van der Waals surface area contributed by atoms with Gasteiger partial charge in [-0.05, 0) is 29.7 Å². The third-order valence-electron chi connectivity index (χ3n) is 2.31. The minimum atomic E-state index is 0.362. The first kappa shape index (κ1) is 13.9. The average Bonchev–Trinajstić information content (AvgIpc) is 2.96. The fourth-order valence-electron chi connectivity index (χ4n) is 1.49. The Bertz CT molecular complexity index is 588. The molecule has 0 bridgehead atoms. The Labute approximate surface area is 120 Å². The van der Waals surface area contributed by atoms with E-state index in [-0.39, 0.29) is 0 Å². The van der Waals surface area contributed by atoms with Gasteiger partial charge in [0.25, 0.3) is 0 Å². The molecule has 0 saturated carbocycles. The van der Waals surface area contributed by atoms with Gasteiger partial charge in [0.15, 0.2) is 4.34 Å². The minimum absolute atomic E-state index is 0.362. The fourth-order valence-corrected chi connectivity index (χ4v) is 2.91. The summed E-state index contributed by atoms with van der Waals surface area (Å²) in [4.78, 5) is 4.14. The van der Waals surface area contributed by atoms with Crippen LogP contribution in [0.1, 0.15) is 11.1 Å². The van der Waals surface area contributed by atoms with Crippen LogP contribution in [0.15, 0.2) is 28.9 Å². The van der Waals surface area contributed by atoms with Gasteiger partial charge in [-0.1, -0.05) is 23.6 Å². The first-order valence-electron chi connectivity index (χ1n) is 5.59. The van der Waals surface area contributed by atoms with Crippen molar-refractivity contribution in [2.75, 3.05) is 13.7 Å². The number of aromatic nitrogens is 2. The van der Waals surface area contributed by atoms with Gasteiger partial charge in [0, 0.05) is 16.9 Å². The summed E-state index contributed by atoms with van der Waals surface area (Å²) in [5.74, 6) is 7.50. The molecule has 4 nitrogen and oxygen atoms in total. The molecule has 19 heavy (non-hydrogen) atoms. The van der Waals surface area contributed by atoms with Gasteiger partial charge in [-0.3, -0.25) is 0 Å². The lowest BCUT2D eigenvalue weighted by molar-refractivity contribution is 0.411. The lowest BCUT2D eigenvalue weighted by Gasteiger charge is -2.07. The molecule has 0 unspecified atom stereocenters. The second-order valence-electron chi connectivity index (χ2n) is 3.53. The quantitative estimate of drug-likeness (QED) is 0.691. The SMILES string of the molecule is COc1ccc(C#CCN)cc1CSc1ncns1. The molecule has 0 spiro atoms. The Morgan fingerprint density at radius 1 is 1.47 bits per heavy atom. The second-order valence-corrected chi connectivity index (χ2v) is 5.53. The van der Waals surface area contributed by atoms with E-state index in [0.29, 0.717) is 6.54 Å². The van der Waals surface area contributed by atoms with Crippen molar-refractivity contribution in [1.82, 2.24) is 9.36 Å². The van der Waals surface area contributed by atoms with Crippen LogP contribution in [0.5, 0.6) is 5.75 Å². The molecule has 2 aromatic rings. The van der Waals surface area contributed by atoms with Crippen molar-refractivity contribution >= 4 is 23.3 Å². The molecule has 0 atom stereocenters. The van der Waals surface area contributed by atoms with Crippen LogP contribution >= 0.6 is 23.3 Å². The Kier molecular flexibility index (Phi) is 5.21. The summed E-state index contributed by atoms with van der Waals surface area (Å²) < 4.78 is 10.3. The molecule has 0 saturated heterocycles. The maximum absolute atomic E-state index is 5.38. The van der Waals surface area contributed by atoms with E-state index in [1.165, 1.54) is 11.5 Å². The van der Waals surface area contributed by atoms with Crippen molar-refractivity contribution in [2.24, 2.45) is 5.73 Å². The highest BCUT2D eigenvalue weighted by Gasteiger charge is 2.06. The summed E-state index contributed by atoms with van der Waals surface area (Å²) in [5.41, 5.74) is 7.41. The van der Waals surface area contributed by atoms with E-state index < -0.39 is 0 Å². The van der Waals surface area contributed by atoms with Gasteiger partial charge in [0.2, 0.25) is 0 Å². The second kappa shape index (κ2) is 7.14. The predicted molar refractivity (Wildman–Crippen MR) is 78.4 cm³/mol. The van der Waals surface area contributed by atoms with E-state index in [1.807, 2.05) is 18.2 Å². The number of benzene rings is 1. The zero-order valence-electron chi connectivity index (χ0n) is 10.4. The maximum atomic E-state index is 5.38. The molecule has 2 rings (SSSR count). The number of rotatable bonds is 4. The topological polar surface area (TPSA) is 61.0 Å². The van der Waals surface area contributed by atoms with Crippen molar-refractivity contribution in [3.05, 3.63) is 35.7 Å². The van der Waals surface area contributed by atoms with Crippen LogP contribution in [0.25, 0.3) is 0 Å². The summed E-state index contributed by atoms with van der Waals surface area (Å²) in [7, 11) is 1.67. The average molecular weight is 291 g/mol. The highest BCUT2D eigenvalue weighted by molar-refractivity contribution is 8.00. The number of methoxy groups -OCH3 is 1. The lowest BCUT2D eigenvalue weighted by Crippen LogP contribution is -1.94. The monoisotopic (exact) mass is 291 g/mol. The Hall–Kier alpha value is -1.55. The Balaban J connectivity index is 2.16. The number of thioether (sulfide) groups is 1. The van der Waals surface area contributed by atoms with Crippen LogP contribution in [0, 0.1) is 11.8 Å². The van der Waals surface area contributed by atoms with Crippen molar-refractivity contribution in [3.8, 4) is 17.6 Å². The van der Waals surface area contributed by atoms with E-state index in [4.69, 9.17) is 10.5 Å². The molecule has 0 aliphatic heterocycles. The van der Waals surface area contributed by atoms with Gasteiger partial charge >= 0.3 is 0 Å². The molecule has 1 aromatic carbocycles. The highest BCUT2D eigenvalue weighted by atomic mass is 32.2. The maximum Gasteiger partial charge on any atom is 0.170 e. The first-order chi connectivity index (χ1) is 9.33. The number of nitrogens with two attached hydrogens (primary N) is 1. The van der Waals surface area contributed by atoms with Crippen molar-refractivity contribution in [2.45, 2.75) is 10.1 Å². The fraction of sp³-hybridized carbons (Fsp3) is 0.231. The van der Waals surface area contributed by atoms with Gasteiger partial charge in [-0.25, -0.2) is 4.98 Å². The molecule has 0 amide bonds. The lowest BCUT2D eigenvalue weighted by atomic mass is 10.1. The molecule has 0 aliphatic carbocycles. The standard InChI is InChI=1S/C13H13N3OS2/c1-17-12-5-4-10(3-2-6-14)7-11(12)8-18-13-15-9-16-19-13/h4-5,7,9H,6,8,14H2,1H3. The largest absolute Gasteiger partial charge is 0.496 e. The molecule has 1 aromatic heterocycles. The molecule has 6 heteroatoms. The summed E-state index contributed by atoms with van der Waals surface area (Å²) in [5, 5.41) is 0. The number of hydrogen-bond acceptors (Lipinski definition) is 6.